The lowest BCUT2D eigenvalue weighted by atomic mass is 9.85. The number of benzene rings is 1. The highest BCUT2D eigenvalue weighted by molar-refractivity contribution is 5.95. The monoisotopic (exact) mass is 470 g/mol. The van der Waals surface area contributed by atoms with Crippen LogP contribution in [0.15, 0.2) is 36.9 Å². The molecule has 2 aromatic heterocycles. The third-order valence-corrected chi connectivity index (χ3v) is 4.68. The SMILES string of the molecule is C[C@H](NC(=O)c1cc(OC(F)(F)F)cc(C(C)(C)C#N)c1)c1ncnn1-c1cnc(C#N)cn1. The van der Waals surface area contributed by atoms with E-state index in [1.807, 2.05) is 12.1 Å². The second-order valence-corrected chi connectivity index (χ2v) is 7.63. The van der Waals surface area contributed by atoms with E-state index in [1.165, 1.54) is 43.3 Å². The molecule has 0 aliphatic carbocycles. The summed E-state index contributed by atoms with van der Waals surface area (Å²) in [6, 6.07) is 6.40. The average Bonchev–Trinajstić information content (AvgIpc) is 3.28. The lowest BCUT2D eigenvalue weighted by molar-refractivity contribution is -0.274. The number of nitrogens with one attached hydrogen (secondary N) is 1. The van der Waals surface area contributed by atoms with E-state index in [1.54, 1.807) is 6.92 Å². The van der Waals surface area contributed by atoms with E-state index >= 15 is 0 Å². The zero-order chi connectivity index (χ0) is 25.1. The number of aromatic nitrogens is 5. The molecule has 1 atom stereocenters. The summed E-state index contributed by atoms with van der Waals surface area (Å²) in [5.41, 5.74) is -1.05. The highest BCUT2D eigenvalue weighted by Gasteiger charge is 2.33. The molecule has 0 aliphatic rings. The van der Waals surface area contributed by atoms with Gasteiger partial charge in [0.1, 0.15) is 18.1 Å². The number of halogens is 3. The molecule has 0 saturated heterocycles. The maximum atomic E-state index is 12.9. The Morgan fingerprint density at radius 2 is 1.88 bits per heavy atom. The number of rotatable bonds is 6. The average molecular weight is 470 g/mol. The Labute approximate surface area is 191 Å². The zero-order valence-electron chi connectivity index (χ0n) is 18.1. The molecule has 0 saturated carbocycles. The van der Waals surface area contributed by atoms with E-state index in [9.17, 15) is 23.2 Å². The first kappa shape index (κ1) is 24.1. The maximum Gasteiger partial charge on any atom is 0.573 e. The minimum Gasteiger partial charge on any atom is -0.406 e. The number of alkyl halides is 3. The fraction of sp³-hybridized carbons (Fsp3) is 0.286. The Hall–Kier alpha value is -4.52. The molecule has 1 aromatic carbocycles. The van der Waals surface area contributed by atoms with Crippen molar-refractivity contribution >= 4 is 5.91 Å². The molecule has 34 heavy (non-hydrogen) atoms. The Morgan fingerprint density at radius 3 is 2.47 bits per heavy atom. The number of nitriles is 2. The molecule has 1 N–H and O–H groups in total. The third-order valence-electron chi connectivity index (χ3n) is 4.68. The molecule has 3 rings (SSSR count). The van der Waals surface area contributed by atoms with Gasteiger partial charge < -0.3 is 10.1 Å². The second-order valence-electron chi connectivity index (χ2n) is 7.63. The van der Waals surface area contributed by atoms with Gasteiger partial charge in [-0.3, -0.25) is 4.79 Å². The van der Waals surface area contributed by atoms with Crippen molar-refractivity contribution in [3.63, 3.8) is 0 Å². The van der Waals surface area contributed by atoms with Crippen LogP contribution in [0.5, 0.6) is 5.75 Å². The summed E-state index contributed by atoms with van der Waals surface area (Å²) in [6.45, 7) is 4.60. The van der Waals surface area contributed by atoms with Crippen LogP contribution in [0.1, 0.15) is 54.3 Å². The first-order valence-corrected chi connectivity index (χ1v) is 9.69. The van der Waals surface area contributed by atoms with E-state index in [0.29, 0.717) is 0 Å². The third kappa shape index (κ3) is 5.45. The van der Waals surface area contributed by atoms with Gasteiger partial charge in [0.05, 0.1) is 29.9 Å². The fourth-order valence-corrected chi connectivity index (χ4v) is 2.90. The number of nitrogens with zero attached hydrogens (tertiary/aromatic N) is 7. The van der Waals surface area contributed by atoms with Crippen molar-refractivity contribution in [3.05, 3.63) is 59.6 Å². The van der Waals surface area contributed by atoms with Crippen LogP contribution in [0.25, 0.3) is 5.82 Å². The number of carbonyl (C=O) groups is 1. The predicted octanol–water partition coefficient (Wildman–Crippen LogP) is 3.12. The number of hydrogen-bond donors (Lipinski definition) is 1. The Bertz CT molecular complexity index is 1290. The molecule has 0 radical (unpaired) electrons. The summed E-state index contributed by atoms with van der Waals surface area (Å²) in [5, 5.41) is 24.9. The number of amides is 1. The van der Waals surface area contributed by atoms with Gasteiger partial charge in [0.2, 0.25) is 0 Å². The second kappa shape index (κ2) is 9.15. The van der Waals surface area contributed by atoms with Crippen molar-refractivity contribution < 1.29 is 22.7 Å². The van der Waals surface area contributed by atoms with E-state index in [-0.39, 0.29) is 28.5 Å². The van der Waals surface area contributed by atoms with Gasteiger partial charge in [-0.1, -0.05) is 0 Å². The Kier molecular flexibility index (Phi) is 6.49. The summed E-state index contributed by atoms with van der Waals surface area (Å²) < 4.78 is 43.7. The van der Waals surface area contributed by atoms with Crippen molar-refractivity contribution in [2.45, 2.75) is 38.6 Å². The van der Waals surface area contributed by atoms with Crippen molar-refractivity contribution in [1.82, 2.24) is 30.0 Å². The van der Waals surface area contributed by atoms with E-state index < -0.39 is 29.5 Å². The lowest BCUT2D eigenvalue weighted by Crippen LogP contribution is -2.29. The standard InChI is InChI=1S/C21H17F3N8O2/c1-12(18-29-11-30-32(18)17-9-27-15(7-25)8-28-17)31-19(33)13-4-14(20(2,3)10-26)6-16(5-13)34-21(22,23)24/h4-6,8-9,11-12H,1-3H3,(H,31,33)/t12-/m0/s1. The topological polar surface area (TPSA) is 142 Å². The summed E-state index contributed by atoms with van der Waals surface area (Å²) in [4.78, 5) is 25.0. The number of ether oxygens (including phenoxy) is 1. The lowest BCUT2D eigenvalue weighted by Gasteiger charge is -2.20. The van der Waals surface area contributed by atoms with Crippen molar-refractivity contribution in [2.24, 2.45) is 0 Å². The quantitative estimate of drug-likeness (QED) is 0.579. The van der Waals surface area contributed by atoms with Crippen LogP contribution in [0.3, 0.4) is 0 Å². The summed E-state index contributed by atoms with van der Waals surface area (Å²) in [5.74, 6) is -0.850. The molecule has 0 bridgehead atoms. The van der Waals surface area contributed by atoms with Gasteiger partial charge in [0.25, 0.3) is 5.91 Å². The van der Waals surface area contributed by atoms with E-state index in [0.717, 1.165) is 12.1 Å². The van der Waals surface area contributed by atoms with Crippen LogP contribution in [0.2, 0.25) is 0 Å². The number of hydrogen-bond acceptors (Lipinski definition) is 8. The smallest absolute Gasteiger partial charge is 0.406 e. The highest BCUT2D eigenvalue weighted by atomic mass is 19.4. The van der Waals surface area contributed by atoms with Gasteiger partial charge in [0, 0.05) is 5.56 Å². The van der Waals surface area contributed by atoms with Gasteiger partial charge in [-0.25, -0.2) is 15.0 Å². The molecule has 1 amide bonds. The Morgan fingerprint density at radius 1 is 1.15 bits per heavy atom. The van der Waals surface area contributed by atoms with Gasteiger partial charge in [0.15, 0.2) is 17.3 Å². The molecule has 0 aliphatic heterocycles. The molecule has 0 fully saturated rings. The van der Waals surface area contributed by atoms with E-state index in [2.05, 4.69) is 30.1 Å². The minimum atomic E-state index is -4.98. The maximum absolute atomic E-state index is 12.9. The first-order valence-electron chi connectivity index (χ1n) is 9.69. The van der Waals surface area contributed by atoms with Gasteiger partial charge in [-0.2, -0.15) is 20.3 Å². The minimum absolute atomic E-state index is 0.101. The van der Waals surface area contributed by atoms with E-state index in [4.69, 9.17) is 5.26 Å². The molecular weight excluding hydrogens is 453 g/mol. The Balaban J connectivity index is 1.90. The van der Waals surface area contributed by atoms with Gasteiger partial charge in [-0.15, -0.1) is 13.2 Å². The molecule has 3 aromatic rings. The molecule has 0 spiro atoms. The number of carbonyl (C=O) groups excluding carboxylic acids is 1. The molecule has 13 heteroatoms. The molecule has 2 heterocycles. The van der Waals surface area contributed by atoms with Gasteiger partial charge in [-0.05, 0) is 44.5 Å². The summed E-state index contributed by atoms with van der Waals surface area (Å²) >= 11 is 0. The fourth-order valence-electron chi connectivity index (χ4n) is 2.90. The van der Waals surface area contributed by atoms with Crippen LogP contribution in [0, 0.1) is 22.7 Å². The van der Waals surface area contributed by atoms with Crippen molar-refractivity contribution in [2.75, 3.05) is 0 Å². The highest BCUT2D eigenvalue weighted by Crippen LogP contribution is 2.31. The normalized spacial score (nSPS) is 12.4. The van der Waals surface area contributed by atoms with Crippen LogP contribution < -0.4 is 10.1 Å². The zero-order valence-corrected chi connectivity index (χ0v) is 18.1. The largest absolute Gasteiger partial charge is 0.573 e. The molecule has 0 unspecified atom stereocenters. The predicted molar refractivity (Wildman–Crippen MR) is 109 cm³/mol. The van der Waals surface area contributed by atoms with Gasteiger partial charge >= 0.3 is 6.36 Å². The molecule has 174 valence electrons. The van der Waals surface area contributed by atoms with Crippen LogP contribution in [0.4, 0.5) is 13.2 Å². The molecule has 10 nitrogen and oxygen atoms in total. The molecular formula is C21H17F3N8O2. The van der Waals surface area contributed by atoms with Crippen LogP contribution in [-0.2, 0) is 5.41 Å². The van der Waals surface area contributed by atoms with Crippen LogP contribution in [-0.4, -0.2) is 37.0 Å². The van der Waals surface area contributed by atoms with Crippen molar-refractivity contribution in [1.29, 1.82) is 10.5 Å². The van der Waals surface area contributed by atoms with Crippen molar-refractivity contribution in [3.8, 4) is 23.7 Å². The summed E-state index contributed by atoms with van der Waals surface area (Å²) in [6.07, 6.45) is -1.20. The van der Waals surface area contributed by atoms with Crippen LogP contribution >= 0.6 is 0 Å². The first-order chi connectivity index (χ1) is 15.9. The summed E-state index contributed by atoms with van der Waals surface area (Å²) in [7, 11) is 0.